The SMILES string of the molecule is CC1Oc2ccc(NC(=O)CC3C(=O)NC(=O)NC3C)cc2NC1=O. The average molecular weight is 346 g/mol. The first-order chi connectivity index (χ1) is 11.8. The molecule has 3 unspecified atom stereocenters. The molecule has 5 amide bonds. The summed E-state index contributed by atoms with van der Waals surface area (Å²) in [5.41, 5.74) is 0.937. The molecule has 0 aliphatic carbocycles. The maximum atomic E-state index is 12.2. The van der Waals surface area contributed by atoms with Crippen molar-refractivity contribution in [1.29, 1.82) is 0 Å². The molecule has 0 radical (unpaired) electrons. The molecule has 3 rings (SSSR count). The predicted octanol–water partition coefficient (Wildman–Crippen LogP) is 0.579. The van der Waals surface area contributed by atoms with Gasteiger partial charge in [-0.1, -0.05) is 0 Å². The largest absolute Gasteiger partial charge is 0.479 e. The van der Waals surface area contributed by atoms with Crippen molar-refractivity contribution in [3.8, 4) is 5.75 Å². The fraction of sp³-hybridized carbons (Fsp3) is 0.375. The van der Waals surface area contributed by atoms with Gasteiger partial charge in [-0.15, -0.1) is 0 Å². The molecule has 132 valence electrons. The van der Waals surface area contributed by atoms with Crippen molar-refractivity contribution in [2.75, 3.05) is 10.6 Å². The molecule has 9 heteroatoms. The van der Waals surface area contributed by atoms with Crippen LogP contribution in [-0.2, 0) is 14.4 Å². The summed E-state index contributed by atoms with van der Waals surface area (Å²) in [6.45, 7) is 3.31. The summed E-state index contributed by atoms with van der Waals surface area (Å²) in [7, 11) is 0. The number of hydrogen-bond donors (Lipinski definition) is 4. The van der Waals surface area contributed by atoms with Crippen LogP contribution in [0, 0.1) is 5.92 Å². The van der Waals surface area contributed by atoms with Crippen LogP contribution in [0.5, 0.6) is 5.75 Å². The first-order valence-corrected chi connectivity index (χ1v) is 7.86. The van der Waals surface area contributed by atoms with Crippen molar-refractivity contribution < 1.29 is 23.9 Å². The first-order valence-electron chi connectivity index (χ1n) is 7.86. The fourth-order valence-electron chi connectivity index (χ4n) is 2.74. The highest BCUT2D eigenvalue weighted by Gasteiger charge is 2.34. The van der Waals surface area contributed by atoms with E-state index in [1.54, 1.807) is 32.0 Å². The number of hydrogen-bond acceptors (Lipinski definition) is 5. The minimum Gasteiger partial charge on any atom is -0.479 e. The lowest BCUT2D eigenvalue weighted by molar-refractivity contribution is -0.129. The van der Waals surface area contributed by atoms with E-state index in [0.717, 1.165) is 0 Å². The van der Waals surface area contributed by atoms with E-state index < -0.39 is 30.0 Å². The molecule has 0 bridgehead atoms. The Kier molecular flexibility index (Phi) is 4.30. The van der Waals surface area contributed by atoms with Gasteiger partial charge in [0.25, 0.3) is 5.91 Å². The van der Waals surface area contributed by atoms with Crippen LogP contribution in [0.3, 0.4) is 0 Å². The molecular weight excluding hydrogens is 328 g/mol. The smallest absolute Gasteiger partial charge is 0.321 e. The van der Waals surface area contributed by atoms with Crippen molar-refractivity contribution in [3.05, 3.63) is 18.2 Å². The molecule has 0 aromatic heterocycles. The van der Waals surface area contributed by atoms with Crippen molar-refractivity contribution in [2.45, 2.75) is 32.4 Å². The third-order valence-corrected chi connectivity index (χ3v) is 4.14. The summed E-state index contributed by atoms with van der Waals surface area (Å²) < 4.78 is 5.45. The highest BCUT2D eigenvalue weighted by Crippen LogP contribution is 2.32. The number of imide groups is 1. The molecule has 0 saturated carbocycles. The lowest BCUT2D eigenvalue weighted by Gasteiger charge is -2.28. The van der Waals surface area contributed by atoms with E-state index in [1.165, 1.54) is 0 Å². The van der Waals surface area contributed by atoms with Gasteiger partial charge in [0.05, 0.1) is 11.6 Å². The topological polar surface area (TPSA) is 126 Å². The lowest BCUT2D eigenvalue weighted by Crippen LogP contribution is -2.57. The van der Waals surface area contributed by atoms with Gasteiger partial charge in [-0.05, 0) is 32.0 Å². The summed E-state index contributed by atoms with van der Waals surface area (Å²) in [6, 6.07) is 3.88. The first kappa shape index (κ1) is 16.7. The number of benzene rings is 1. The van der Waals surface area contributed by atoms with Gasteiger partial charge in [0.15, 0.2) is 6.10 Å². The van der Waals surface area contributed by atoms with Gasteiger partial charge < -0.3 is 20.7 Å². The van der Waals surface area contributed by atoms with Crippen LogP contribution in [-0.4, -0.2) is 35.9 Å². The number of nitrogens with one attached hydrogen (secondary N) is 4. The van der Waals surface area contributed by atoms with Crippen molar-refractivity contribution >= 4 is 35.1 Å². The predicted molar refractivity (Wildman–Crippen MR) is 88.0 cm³/mol. The summed E-state index contributed by atoms with van der Waals surface area (Å²) in [4.78, 5) is 46.9. The molecule has 25 heavy (non-hydrogen) atoms. The maximum absolute atomic E-state index is 12.2. The minimum absolute atomic E-state index is 0.0791. The van der Waals surface area contributed by atoms with E-state index >= 15 is 0 Å². The van der Waals surface area contributed by atoms with Gasteiger partial charge in [-0.3, -0.25) is 19.7 Å². The third-order valence-electron chi connectivity index (χ3n) is 4.14. The zero-order valence-corrected chi connectivity index (χ0v) is 13.7. The second-order valence-electron chi connectivity index (χ2n) is 6.07. The molecule has 9 nitrogen and oxygen atoms in total. The molecule has 0 spiro atoms. The van der Waals surface area contributed by atoms with Gasteiger partial charge in [0.1, 0.15) is 5.75 Å². The van der Waals surface area contributed by atoms with E-state index in [1.807, 2.05) is 0 Å². The fourth-order valence-corrected chi connectivity index (χ4v) is 2.74. The molecule has 2 aliphatic heterocycles. The second-order valence-corrected chi connectivity index (χ2v) is 6.07. The number of carbonyl (C=O) groups excluding carboxylic acids is 4. The molecule has 2 heterocycles. The van der Waals surface area contributed by atoms with Crippen LogP contribution in [0.1, 0.15) is 20.3 Å². The van der Waals surface area contributed by atoms with Crippen LogP contribution < -0.4 is 26.0 Å². The number of ether oxygens (including phenoxy) is 1. The Labute approximate surface area is 143 Å². The zero-order valence-electron chi connectivity index (χ0n) is 13.7. The highest BCUT2D eigenvalue weighted by atomic mass is 16.5. The van der Waals surface area contributed by atoms with Crippen LogP contribution in [0.2, 0.25) is 0 Å². The summed E-state index contributed by atoms with van der Waals surface area (Å²) in [6.07, 6.45) is -0.654. The lowest BCUT2D eigenvalue weighted by atomic mass is 9.94. The van der Waals surface area contributed by atoms with Crippen LogP contribution in [0.15, 0.2) is 18.2 Å². The number of carbonyl (C=O) groups is 4. The Balaban J connectivity index is 1.65. The van der Waals surface area contributed by atoms with Crippen molar-refractivity contribution in [1.82, 2.24) is 10.6 Å². The minimum atomic E-state index is -0.654. The molecule has 1 saturated heterocycles. The van der Waals surface area contributed by atoms with Crippen molar-refractivity contribution in [2.24, 2.45) is 5.92 Å². The second kappa shape index (κ2) is 6.42. The Hall–Kier alpha value is -3.10. The summed E-state index contributed by atoms with van der Waals surface area (Å²) >= 11 is 0. The number of fused-ring (bicyclic) bond motifs is 1. The molecule has 3 atom stereocenters. The van der Waals surface area contributed by atoms with Crippen molar-refractivity contribution in [3.63, 3.8) is 0 Å². The third kappa shape index (κ3) is 3.54. The van der Waals surface area contributed by atoms with Gasteiger partial charge in [0, 0.05) is 18.2 Å². The van der Waals surface area contributed by atoms with Crippen LogP contribution in [0.25, 0.3) is 0 Å². The number of amides is 5. The highest BCUT2D eigenvalue weighted by molar-refractivity contribution is 6.02. The van der Waals surface area contributed by atoms with E-state index in [-0.39, 0.29) is 18.2 Å². The number of rotatable bonds is 3. The summed E-state index contributed by atoms with van der Waals surface area (Å²) in [5, 5.41) is 10.1. The summed E-state index contributed by atoms with van der Waals surface area (Å²) in [5.74, 6) is -1.25. The molecule has 2 aliphatic rings. The Morgan fingerprint density at radius 1 is 1.16 bits per heavy atom. The van der Waals surface area contributed by atoms with Crippen LogP contribution >= 0.6 is 0 Å². The molecule has 1 fully saturated rings. The normalized spacial score (nSPS) is 25.0. The van der Waals surface area contributed by atoms with Gasteiger partial charge in [-0.25, -0.2) is 4.79 Å². The van der Waals surface area contributed by atoms with Gasteiger partial charge >= 0.3 is 6.03 Å². The van der Waals surface area contributed by atoms with E-state index in [2.05, 4.69) is 21.3 Å². The van der Waals surface area contributed by atoms with E-state index in [4.69, 9.17) is 4.74 Å². The molecule has 4 N–H and O–H groups in total. The monoisotopic (exact) mass is 346 g/mol. The average Bonchev–Trinajstić information content (AvgIpc) is 2.52. The van der Waals surface area contributed by atoms with E-state index in [9.17, 15) is 19.2 Å². The number of urea groups is 1. The van der Waals surface area contributed by atoms with Gasteiger partial charge in [0.2, 0.25) is 11.8 Å². The van der Waals surface area contributed by atoms with Crippen LogP contribution in [0.4, 0.5) is 16.2 Å². The Morgan fingerprint density at radius 3 is 2.64 bits per heavy atom. The zero-order chi connectivity index (χ0) is 18.1. The molecule has 1 aromatic carbocycles. The quantitative estimate of drug-likeness (QED) is 0.637. The molecular formula is C16H18N4O5. The Morgan fingerprint density at radius 2 is 1.92 bits per heavy atom. The standard InChI is InChI=1S/C16H18N4O5/c1-7-10(15(23)20-16(24)17-7)6-13(21)18-9-3-4-12-11(5-9)19-14(22)8(2)25-12/h3-5,7-8,10H,6H2,1-2H3,(H,18,21)(H,19,22)(H2,17,20,23,24). The van der Waals surface area contributed by atoms with Gasteiger partial charge in [-0.2, -0.15) is 0 Å². The molecule has 1 aromatic rings. The Bertz CT molecular complexity index is 763. The number of anilines is 2. The van der Waals surface area contributed by atoms with E-state index in [0.29, 0.717) is 17.1 Å². The maximum Gasteiger partial charge on any atom is 0.321 e.